The largest absolute Gasteiger partial charge is 0.490 e. The molecule has 206 valence electrons. The fourth-order valence-electron chi connectivity index (χ4n) is 4.52. The van der Waals surface area contributed by atoms with Gasteiger partial charge in [-0.1, -0.05) is 30.3 Å². The number of nitrogens with zero attached hydrogens (tertiary/aromatic N) is 3. The number of carbonyl (C=O) groups is 2. The summed E-state index contributed by atoms with van der Waals surface area (Å²) in [4.78, 5) is 29.3. The molecule has 2 unspecified atom stereocenters. The van der Waals surface area contributed by atoms with Crippen molar-refractivity contribution < 1.29 is 19.4 Å². The summed E-state index contributed by atoms with van der Waals surface area (Å²) in [6.07, 6.45) is 4.05. The van der Waals surface area contributed by atoms with Gasteiger partial charge in [-0.15, -0.1) is 0 Å². The summed E-state index contributed by atoms with van der Waals surface area (Å²) in [5.41, 5.74) is 10.1. The summed E-state index contributed by atoms with van der Waals surface area (Å²) >= 11 is 0. The third-order valence-electron chi connectivity index (χ3n) is 6.49. The van der Waals surface area contributed by atoms with Crippen molar-refractivity contribution >= 4 is 17.5 Å². The number of nitrogens with one attached hydrogen (secondary N) is 1. The zero-order chi connectivity index (χ0) is 28.8. The highest BCUT2D eigenvalue weighted by Crippen LogP contribution is 2.25. The predicted octanol–water partition coefficient (Wildman–Crippen LogP) is 4.32. The second kappa shape index (κ2) is 12.5. The Balaban J connectivity index is 1.51. The van der Waals surface area contributed by atoms with Gasteiger partial charge in [0.05, 0.1) is 23.5 Å². The Morgan fingerprint density at radius 2 is 1.90 bits per heavy atom. The van der Waals surface area contributed by atoms with Crippen LogP contribution in [0.1, 0.15) is 66.8 Å². The first kappa shape index (κ1) is 28.3. The number of amides is 2. The molecule has 2 aromatic heterocycles. The monoisotopic (exact) mass is 539 g/mol. The van der Waals surface area contributed by atoms with E-state index in [1.807, 2.05) is 67.0 Å². The summed E-state index contributed by atoms with van der Waals surface area (Å²) < 4.78 is 7.54. The number of carbonyl (C=O) groups excluding carboxylic acids is 2. The fourth-order valence-corrected chi connectivity index (χ4v) is 4.52. The van der Waals surface area contributed by atoms with Crippen LogP contribution in [0.4, 0.5) is 0 Å². The van der Waals surface area contributed by atoms with E-state index in [2.05, 4.69) is 11.4 Å². The lowest BCUT2D eigenvalue weighted by atomic mass is 9.99. The molecule has 2 heterocycles. The van der Waals surface area contributed by atoms with E-state index in [4.69, 9.17) is 15.5 Å². The lowest BCUT2D eigenvalue weighted by Gasteiger charge is -2.19. The van der Waals surface area contributed by atoms with Crippen molar-refractivity contribution in [1.29, 1.82) is 5.26 Å². The quantitative estimate of drug-likeness (QED) is 0.259. The molecule has 0 fully saturated rings. The minimum atomic E-state index is -0.633. The molecule has 0 spiro atoms. The normalized spacial score (nSPS) is 12.6. The Labute approximate surface area is 233 Å². The number of ether oxygens (including phenoxy) is 1. The number of aliphatic hydroxyl groups is 1. The Morgan fingerprint density at radius 1 is 1.15 bits per heavy atom. The number of hydrogen-bond donors (Lipinski definition) is 3. The van der Waals surface area contributed by atoms with Gasteiger partial charge in [0.25, 0.3) is 5.91 Å². The Bertz CT molecular complexity index is 1550. The van der Waals surface area contributed by atoms with Gasteiger partial charge in [0, 0.05) is 41.5 Å². The highest BCUT2D eigenvalue weighted by molar-refractivity contribution is 5.95. The first-order valence-electron chi connectivity index (χ1n) is 13.2. The molecule has 2 atom stereocenters. The van der Waals surface area contributed by atoms with Crippen LogP contribution in [0.2, 0.25) is 0 Å². The first-order chi connectivity index (χ1) is 19.1. The molecule has 0 aliphatic heterocycles. The molecular weight excluding hydrogens is 506 g/mol. The van der Waals surface area contributed by atoms with E-state index in [9.17, 15) is 20.0 Å². The molecular formula is C31H33N5O4. The highest BCUT2D eigenvalue weighted by atomic mass is 16.5. The maximum Gasteiger partial charge on any atom is 0.251 e. The van der Waals surface area contributed by atoms with Gasteiger partial charge in [-0.3, -0.25) is 9.59 Å². The molecule has 4 N–H and O–H groups in total. The molecule has 0 aliphatic carbocycles. The van der Waals surface area contributed by atoms with Crippen LogP contribution >= 0.6 is 0 Å². The van der Waals surface area contributed by atoms with Crippen molar-refractivity contribution in [1.82, 2.24) is 14.7 Å². The standard InChI is InChI=1S/C31H33N5O4/c1-19(2)40-28-12-10-23(16-24(28)17-32)31(39)34-25(11-13-29(33)38)15-21-6-8-22(9-7-21)27-18-36-14-4-5-26(20(3)37)30(36)35-27/h4-10,12,14,16,18-20,25,37H,11,13,15H2,1-3H3,(H2,33,38)(H,34,39). The van der Waals surface area contributed by atoms with Crippen LogP contribution in [0.5, 0.6) is 5.75 Å². The maximum absolute atomic E-state index is 13.1. The molecule has 0 aliphatic rings. The number of fused-ring (bicyclic) bond motifs is 1. The number of aliphatic hydroxyl groups excluding tert-OH is 1. The zero-order valence-electron chi connectivity index (χ0n) is 22.8. The van der Waals surface area contributed by atoms with Crippen LogP contribution in [0.25, 0.3) is 16.9 Å². The first-order valence-corrected chi connectivity index (χ1v) is 13.2. The number of nitriles is 1. The number of primary amides is 1. The minimum Gasteiger partial charge on any atom is -0.490 e. The van der Waals surface area contributed by atoms with Gasteiger partial charge in [0.2, 0.25) is 5.91 Å². The van der Waals surface area contributed by atoms with Gasteiger partial charge < -0.3 is 25.3 Å². The summed E-state index contributed by atoms with van der Waals surface area (Å²) in [6, 6.07) is 18.0. The van der Waals surface area contributed by atoms with Crippen LogP contribution in [0.15, 0.2) is 67.0 Å². The molecule has 2 aromatic carbocycles. The molecule has 2 amide bonds. The van der Waals surface area contributed by atoms with Crippen molar-refractivity contribution in [2.75, 3.05) is 0 Å². The topological polar surface area (TPSA) is 143 Å². The van der Waals surface area contributed by atoms with Crippen molar-refractivity contribution in [3.05, 3.63) is 89.2 Å². The highest BCUT2D eigenvalue weighted by Gasteiger charge is 2.18. The average Bonchev–Trinajstić information content (AvgIpc) is 3.36. The molecule has 4 rings (SSSR count). The van der Waals surface area contributed by atoms with Gasteiger partial charge in [0.15, 0.2) is 0 Å². The van der Waals surface area contributed by atoms with Gasteiger partial charge in [-0.05, 0) is 63.4 Å². The number of rotatable bonds is 11. The van der Waals surface area contributed by atoms with Crippen LogP contribution in [-0.4, -0.2) is 38.5 Å². The minimum absolute atomic E-state index is 0.106. The molecule has 9 nitrogen and oxygen atoms in total. The van der Waals surface area contributed by atoms with Crippen molar-refractivity contribution in [2.24, 2.45) is 5.73 Å². The van der Waals surface area contributed by atoms with Gasteiger partial charge in [-0.25, -0.2) is 4.98 Å². The number of benzene rings is 2. The van der Waals surface area contributed by atoms with Crippen LogP contribution in [0.3, 0.4) is 0 Å². The smallest absolute Gasteiger partial charge is 0.251 e. The summed E-state index contributed by atoms with van der Waals surface area (Å²) in [5.74, 6) is -0.371. The number of nitrogens with two attached hydrogens (primary N) is 1. The van der Waals surface area contributed by atoms with Crippen molar-refractivity contribution in [3.8, 4) is 23.1 Å². The van der Waals surface area contributed by atoms with Crippen LogP contribution in [0, 0.1) is 11.3 Å². The van der Waals surface area contributed by atoms with Crippen molar-refractivity contribution in [2.45, 2.75) is 58.3 Å². The maximum atomic E-state index is 13.1. The Hall–Kier alpha value is -4.68. The lowest BCUT2D eigenvalue weighted by Crippen LogP contribution is -2.37. The number of hydrogen-bond acceptors (Lipinski definition) is 6. The van der Waals surface area contributed by atoms with Gasteiger partial charge >= 0.3 is 0 Å². The van der Waals surface area contributed by atoms with Gasteiger partial charge in [-0.2, -0.15) is 5.26 Å². The van der Waals surface area contributed by atoms with Crippen LogP contribution < -0.4 is 15.8 Å². The second-order valence-corrected chi connectivity index (χ2v) is 10.1. The predicted molar refractivity (Wildman–Crippen MR) is 152 cm³/mol. The summed E-state index contributed by atoms with van der Waals surface area (Å²) in [5, 5.41) is 22.6. The van der Waals surface area contributed by atoms with E-state index in [1.54, 1.807) is 19.1 Å². The molecule has 0 bridgehead atoms. The number of pyridine rings is 1. The van der Waals surface area contributed by atoms with Crippen molar-refractivity contribution in [3.63, 3.8) is 0 Å². The third kappa shape index (κ3) is 6.84. The molecule has 40 heavy (non-hydrogen) atoms. The number of imidazole rings is 1. The molecule has 0 radical (unpaired) electrons. The van der Waals surface area contributed by atoms with Crippen LogP contribution in [-0.2, 0) is 11.2 Å². The molecule has 0 saturated carbocycles. The fraction of sp³-hybridized carbons (Fsp3) is 0.290. The zero-order valence-corrected chi connectivity index (χ0v) is 22.8. The van der Waals surface area contributed by atoms with E-state index in [-0.39, 0.29) is 30.0 Å². The molecule has 0 saturated heterocycles. The van der Waals surface area contributed by atoms with E-state index < -0.39 is 12.0 Å². The number of aromatic nitrogens is 2. The molecule has 4 aromatic rings. The van der Waals surface area contributed by atoms with Gasteiger partial charge in [0.1, 0.15) is 17.5 Å². The Morgan fingerprint density at radius 3 is 2.55 bits per heavy atom. The Kier molecular flexibility index (Phi) is 8.82. The SMILES string of the molecule is CC(C)Oc1ccc(C(=O)NC(CCC(N)=O)Cc2ccc(-c3cn4cccc(C(C)O)c4n3)cc2)cc1C#N. The second-order valence-electron chi connectivity index (χ2n) is 10.1. The summed E-state index contributed by atoms with van der Waals surface area (Å²) in [6.45, 7) is 5.44. The molecule has 9 heteroatoms. The van der Waals surface area contributed by atoms with E-state index in [0.29, 0.717) is 29.8 Å². The third-order valence-corrected chi connectivity index (χ3v) is 6.49. The van der Waals surface area contributed by atoms with E-state index in [0.717, 1.165) is 22.4 Å². The van der Waals surface area contributed by atoms with E-state index >= 15 is 0 Å². The summed E-state index contributed by atoms with van der Waals surface area (Å²) in [7, 11) is 0. The van der Waals surface area contributed by atoms with E-state index in [1.165, 1.54) is 6.07 Å². The average molecular weight is 540 g/mol. The lowest BCUT2D eigenvalue weighted by molar-refractivity contribution is -0.118.